The third kappa shape index (κ3) is 4.04. The molecule has 0 aromatic heterocycles. The van der Waals surface area contributed by atoms with Crippen LogP contribution in [0.2, 0.25) is 0 Å². The summed E-state index contributed by atoms with van der Waals surface area (Å²) < 4.78 is 0. The highest BCUT2D eigenvalue weighted by atomic mass is 16.4. The van der Waals surface area contributed by atoms with Gasteiger partial charge < -0.3 is 10.4 Å². The second-order valence-corrected chi connectivity index (χ2v) is 4.94. The summed E-state index contributed by atoms with van der Waals surface area (Å²) in [6.45, 7) is 5.22. The van der Waals surface area contributed by atoms with Gasteiger partial charge in [0, 0.05) is 18.7 Å². The fourth-order valence-corrected chi connectivity index (χ4v) is 2.24. The van der Waals surface area contributed by atoms with E-state index in [-0.39, 0.29) is 0 Å². The zero-order chi connectivity index (χ0) is 11.3. The summed E-state index contributed by atoms with van der Waals surface area (Å²) in [5.74, 6) is -0.875. The molecule has 15 heavy (non-hydrogen) atoms. The van der Waals surface area contributed by atoms with E-state index in [1.54, 1.807) is 6.08 Å². The Morgan fingerprint density at radius 1 is 1.53 bits per heavy atom. The Labute approximate surface area is 91.6 Å². The molecular formula is C12H21NO2. The highest BCUT2D eigenvalue weighted by molar-refractivity contribution is 5.79. The molecule has 86 valence electrons. The van der Waals surface area contributed by atoms with E-state index < -0.39 is 5.97 Å². The number of nitrogens with one attached hydrogen (secondary N) is 1. The highest BCUT2D eigenvalue weighted by Gasteiger charge is 2.31. The van der Waals surface area contributed by atoms with Gasteiger partial charge in [-0.05, 0) is 18.3 Å². The Morgan fingerprint density at radius 3 is 2.87 bits per heavy atom. The topological polar surface area (TPSA) is 49.3 Å². The van der Waals surface area contributed by atoms with Crippen LogP contribution in [0.25, 0.3) is 0 Å². The predicted molar refractivity (Wildman–Crippen MR) is 60.8 cm³/mol. The molecule has 1 aliphatic carbocycles. The lowest BCUT2D eigenvalue weighted by atomic mass is 9.73. The Bertz CT molecular complexity index is 246. The second kappa shape index (κ2) is 5.31. The maximum atomic E-state index is 10.3. The van der Waals surface area contributed by atoms with Gasteiger partial charge in [0.1, 0.15) is 0 Å². The van der Waals surface area contributed by atoms with Gasteiger partial charge in [0.05, 0.1) is 0 Å². The standard InChI is InChI=1S/C12H21NO2/c1-12(2)8-4-3-6-10(12)13-9-5-7-11(14)15/h5,7,10,13H,3-4,6,8-9H2,1-2H3,(H,14,15)/b7-5+. The molecule has 1 saturated carbocycles. The molecule has 0 radical (unpaired) electrons. The minimum absolute atomic E-state index is 0.343. The molecular weight excluding hydrogens is 190 g/mol. The van der Waals surface area contributed by atoms with Crippen LogP contribution in [0.4, 0.5) is 0 Å². The average Bonchev–Trinajstić information content (AvgIpc) is 2.13. The Morgan fingerprint density at radius 2 is 2.27 bits per heavy atom. The second-order valence-electron chi connectivity index (χ2n) is 4.94. The number of carbonyl (C=O) groups is 1. The quantitative estimate of drug-likeness (QED) is 0.701. The van der Waals surface area contributed by atoms with Crippen LogP contribution >= 0.6 is 0 Å². The summed E-state index contributed by atoms with van der Waals surface area (Å²) in [5, 5.41) is 11.9. The molecule has 1 fully saturated rings. The van der Waals surface area contributed by atoms with Crippen LogP contribution in [0.5, 0.6) is 0 Å². The van der Waals surface area contributed by atoms with E-state index in [1.165, 1.54) is 31.8 Å². The monoisotopic (exact) mass is 211 g/mol. The predicted octanol–water partition coefficient (Wildman–Crippen LogP) is 2.19. The van der Waals surface area contributed by atoms with Crippen molar-refractivity contribution in [2.75, 3.05) is 6.54 Å². The van der Waals surface area contributed by atoms with Gasteiger partial charge in [-0.1, -0.05) is 32.8 Å². The normalized spacial score (nSPS) is 25.6. The van der Waals surface area contributed by atoms with Gasteiger partial charge in [0.2, 0.25) is 0 Å². The molecule has 1 unspecified atom stereocenters. The smallest absolute Gasteiger partial charge is 0.328 e. The van der Waals surface area contributed by atoms with Crippen molar-refractivity contribution in [1.29, 1.82) is 0 Å². The van der Waals surface area contributed by atoms with Gasteiger partial charge >= 0.3 is 5.97 Å². The van der Waals surface area contributed by atoms with E-state index in [4.69, 9.17) is 5.11 Å². The van der Waals surface area contributed by atoms with Crippen LogP contribution in [0.1, 0.15) is 39.5 Å². The van der Waals surface area contributed by atoms with E-state index in [2.05, 4.69) is 19.2 Å². The molecule has 0 aromatic rings. The largest absolute Gasteiger partial charge is 0.478 e. The van der Waals surface area contributed by atoms with E-state index >= 15 is 0 Å². The summed E-state index contributed by atoms with van der Waals surface area (Å²) in [7, 11) is 0. The number of carboxylic acid groups (broad SMARTS) is 1. The highest BCUT2D eigenvalue weighted by Crippen LogP contribution is 2.35. The maximum absolute atomic E-state index is 10.3. The summed E-state index contributed by atoms with van der Waals surface area (Å²) in [5.41, 5.74) is 0.343. The van der Waals surface area contributed by atoms with Crippen LogP contribution in [0.15, 0.2) is 12.2 Å². The van der Waals surface area contributed by atoms with E-state index in [0.717, 1.165) is 0 Å². The third-order valence-electron chi connectivity index (χ3n) is 3.25. The molecule has 0 aromatic carbocycles. The lowest BCUT2D eigenvalue weighted by Gasteiger charge is -2.39. The first-order valence-corrected chi connectivity index (χ1v) is 5.65. The summed E-state index contributed by atoms with van der Waals surface area (Å²) in [6.07, 6.45) is 7.93. The van der Waals surface area contributed by atoms with Crippen molar-refractivity contribution in [2.24, 2.45) is 5.41 Å². The molecule has 0 aliphatic heterocycles. The minimum atomic E-state index is -0.875. The lowest BCUT2D eigenvalue weighted by molar-refractivity contribution is -0.131. The lowest BCUT2D eigenvalue weighted by Crippen LogP contribution is -2.44. The van der Waals surface area contributed by atoms with Gasteiger partial charge in [-0.2, -0.15) is 0 Å². The van der Waals surface area contributed by atoms with Gasteiger partial charge in [0.15, 0.2) is 0 Å². The van der Waals surface area contributed by atoms with Crippen molar-refractivity contribution in [3.8, 4) is 0 Å². The SMILES string of the molecule is CC1(C)CCCCC1NC/C=C/C(=O)O. The van der Waals surface area contributed by atoms with Gasteiger partial charge in [-0.15, -0.1) is 0 Å². The summed E-state index contributed by atoms with van der Waals surface area (Å²) >= 11 is 0. The zero-order valence-corrected chi connectivity index (χ0v) is 9.62. The van der Waals surface area contributed by atoms with Crippen molar-refractivity contribution in [1.82, 2.24) is 5.32 Å². The number of hydrogen-bond donors (Lipinski definition) is 2. The molecule has 1 aliphatic rings. The molecule has 2 N–H and O–H groups in total. The zero-order valence-electron chi connectivity index (χ0n) is 9.62. The van der Waals surface area contributed by atoms with Gasteiger partial charge in [-0.3, -0.25) is 0 Å². The first-order valence-electron chi connectivity index (χ1n) is 5.65. The van der Waals surface area contributed by atoms with Crippen LogP contribution in [-0.4, -0.2) is 23.7 Å². The number of rotatable bonds is 4. The number of carboxylic acids is 1. The fraction of sp³-hybridized carbons (Fsp3) is 0.750. The minimum Gasteiger partial charge on any atom is -0.478 e. The maximum Gasteiger partial charge on any atom is 0.328 e. The molecule has 3 nitrogen and oxygen atoms in total. The Kier molecular flexibility index (Phi) is 4.33. The third-order valence-corrected chi connectivity index (χ3v) is 3.25. The fourth-order valence-electron chi connectivity index (χ4n) is 2.24. The number of hydrogen-bond acceptors (Lipinski definition) is 2. The first-order chi connectivity index (χ1) is 7.02. The summed E-state index contributed by atoms with van der Waals surface area (Å²) in [6, 6.07) is 0.518. The molecule has 0 heterocycles. The first kappa shape index (κ1) is 12.2. The van der Waals surface area contributed by atoms with Crippen LogP contribution < -0.4 is 5.32 Å². The van der Waals surface area contributed by atoms with Crippen molar-refractivity contribution in [3.63, 3.8) is 0 Å². The van der Waals surface area contributed by atoms with Crippen molar-refractivity contribution in [2.45, 2.75) is 45.6 Å². The Balaban J connectivity index is 2.33. The average molecular weight is 211 g/mol. The van der Waals surface area contributed by atoms with E-state index in [9.17, 15) is 4.79 Å². The molecule has 0 saturated heterocycles. The molecule has 1 rings (SSSR count). The van der Waals surface area contributed by atoms with E-state index in [0.29, 0.717) is 18.0 Å². The Hall–Kier alpha value is -0.830. The van der Waals surface area contributed by atoms with Crippen molar-refractivity contribution in [3.05, 3.63) is 12.2 Å². The molecule has 0 bridgehead atoms. The van der Waals surface area contributed by atoms with Crippen LogP contribution in [0.3, 0.4) is 0 Å². The molecule has 0 spiro atoms. The van der Waals surface area contributed by atoms with Crippen molar-refractivity contribution < 1.29 is 9.90 Å². The molecule has 0 amide bonds. The van der Waals surface area contributed by atoms with Gasteiger partial charge in [0.25, 0.3) is 0 Å². The molecule has 3 heteroatoms. The van der Waals surface area contributed by atoms with Crippen LogP contribution in [-0.2, 0) is 4.79 Å². The van der Waals surface area contributed by atoms with Gasteiger partial charge in [-0.25, -0.2) is 4.79 Å². The van der Waals surface area contributed by atoms with Crippen molar-refractivity contribution >= 4 is 5.97 Å². The van der Waals surface area contributed by atoms with E-state index in [1.807, 2.05) is 0 Å². The summed E-state index contributed by atoms with van der Waals surface area (Å²) in [4.78, 5) is 10.3. The number of aliphatic carboxylic acids is 1. The molecule has 1 atom stereocenters. The van der Waals surface area contributed by atoms with Crippen LogP contribution in [0, 0.1) is 5.41 Å².